The second kappa shape index (κ2) is 8.89. The number of nitrogens with zero attached hydrogens (tertiary/aromatic N) is 3. The van der Waals surface area contributed by atoms with E-state index in [0.717, 1.165) is 25.2 Å². The van der Waals surface area contributed by atoms with E-state index < -0.39 is 0 Å². The number of rotatable bonds is 5. The second-order valence-corrected chi connectivity index (χ2v) is 6.32. The zero-order chi connectivity index (χ0) is 15.8. The molecule has 0 bridgehead atoms. The monoisotopic (exact) mass is 303 g/mol. The Bertz CT molecular complexity index is 441. The molecule has 1 saturated heterocycles. The third kappa shape index (κ3) is 5.09. The fourth-order valence-electron chi connectivity index (χ4n) is 3.05. The highest BCUT2D eigenvalue weighted by Crippen LogP contribution is 2.18. The molecule has 1 amide bonds. The number of carbonyl (C=O) groups is 1. The van der Waals surface area contributed by atoms with Crippen LogP contribution in [-0.4, -0.2) is 47.4 Å². The molecule has 1 unspecified atom stereocenters. The van der Waals surface area contributed by atoms with E-state index in [4.69, 9.17) is 0 Å². The summed E-state index contributed by atoms with van der Waals surface area (Å²) in [5.74, 6) is 0.228. The predicted octanol–water partition coefficient (Wildman–Crippen LogP) is 3.26. The maximum absolute atomic E-state index is 12.4. The van der Waals surface area contributed by atoms with Crippen LogP contribution in [0.3, 0.4) is 0 Å². The molecule has 1 aromatic heterocycles. The van der Waals surface area contributed by atoms with Gasteiger partial charge in [-0.1, -0.05) is 19.3 Å². The highest BCUT2D eigenvalue weighted by molar-refractivity contribution is 5.76. The van der Waals surface area contributed by atoms with Crippen LogP contribution < -0.4 is 0 Å². The van der Waals surface area contributed by atoms with Crippen LogP contribution in [0.5, 0.6) is 0 Å². The molecule has 122 valence electrons. The van der Waals surface area contributed by atoms with Crippen molar-refractivity contribution in [3.05, 3.63) is 30.1 Å². The van der Waals surface area contributed by atoms with Crippen LogP contribution in [0, 0.1) is 0 Å². The number of aromatic nitrogens is 1. The number of carbonyl (C=O) groups excluding carboxylic acids is 1. The van der Waals surface area contributed by atoms with Gasteiger partial charge >= 0.3 is 0 Å². The van der Waals surface area contributed by atoms with E-state index in [0.29, 0.717) is 6.42 Å². The quantitative estimate of drug-likeness (QED) is 0.838. The van der Waals surface area contributed by atoms with Gasteiger partial charge in [-0.25, -0.2) is 0 Å². The van der Waals surface area contributed by atoms with Gasteiger partial charge in [-0.05, 0) is 50.6 Å². The minimum absolute atomic E-state index is 0.0998. The van der Waals surface area contributed by atoms with Crippen LogP contribution in [0.15, 0.2) is 24.5 Å². The Morgan fingerprint density at radius 2 is 1.77 bits per heavy atom. The first kappa shape index (κ1) is 16.9. The number of hydrogen-bond donors (Lipinski definition) is 0. The summed E-state index contributed by atoms with van der Waals surface area (Å²) in [6, 6.07) is 4.06. The molecular formula is C18H29N3O. The van der Waals surface area contributed by atoms with Crippen molar-refractivity contribution >= 4 is 5.91 Å². The molecular weight excluding hydrogens is 274 g/mol. The zero-order valence-corrected chi connectivity index (χ0v) is 14.0. The SMILES string of the molecule is CC(c1ccncc1)N(C)C(=O)CCN1CCCCCCC1. The lowest BCUT2D eigenvalue weighted by Gasteiger charge is -2.28. The Labute approximate surface area is 134 Å². The summed E-state index contributed by atoms with van der Waals surface area (Å²) >= 11 is 0. The first-order chi connectivity index (χ1) is 10.7. The van der Waals surface area contributed by atoms with Crippen LogP contribution in [0.1, 0.15) is 57.1 Å². The van der Waals surface area contributed by atoms with Crippen LogP contribution in [-0.2, 0) is 4.79 Å². The molecule has 1 fully saturated rings. The summed E-state index contributed by atoms with van der Waals surface area (Å²) in [5, 5.41) is 0. The lowest BCUT2D eigenvalue weighted by molar-refractivity contribution is -0.132. The van der Waals surface area contributed by atoms with E-state index in [-0.39, 0.29) is 11.9 Å². The van der Waals surface area contributed by atoms with Crippen LogP contribution in [0.2, 0.25) is 0 Å². The molecule has 0 N–H and O–H groups in total. The minimum atomic E-state index is 0.0998. The predicted molar refractivity (Wildman–Crippen MR) is 89.6 cm³/mol. The molecule has 4 nitrogen and oxygen atoms in total. The van der Waals surface area contributed by atoms with E-state index in [1.807, 2.05) is 24.1 Å². The molecule has 1 aliphatic heterocycles. The first-order valence-corrected chi connectivity index (χ1v) is 8.56. The van der Waals surface area contributed by atoms with Crippen molar-refractivity contribution in [2.45, 2.75) is 51.5 Å². The molecule has 2 rings (SSSR count). The molecule has 0 aromatic carbocycles. The summed E-state index contributed by atoms with van der Waals surface area (Å²) in [6.07, 6.45) is 10.8. The topological polar surface area (TPSA) is 36.4 Å². The molecule has 0 aliphatic carbocycles. The van der Waals surface area contributed by atoms with Crippen molar-refractivity contribution in [2.75, 3.05) is 26.7 Å². The Balaban J connectivity index is 1.80. The molecule has 4 heteroatoms. The molecule has 0 radical (unpaired) electrons. The standard InChI is InChI=1S/C18H29N3O/c1-16(17-8-11-19-12-9-17)20(2)18(22)10-15-21-13-6-4-3-5-7-14-21/h8-9,11-12,16H,3-7,10,13-15H2,1-2H3. The van der Waals surface area contributed by atoms with Gasteiger partial charge in [0.05, 0.1) is 6.04 Å². The molecule has 1 atom stereocenters. The Morgan fingerprint density at radius 1 is 1.18 bits per heavy atom. The van der Waals surface area contributed by atoms with Gasteiger partial charge in [0.1, 0.15) is 0 Å². The maximum atomic E-state index is 12.4. The lowest BCUT2D eigenvalue weighted by atomic mass is 10.1. The van der Waals surface area contributed by atoms with Crippen LogP contribution in [0.25, 0.3) is 0 Å². The molecule has 22 heavy (non-hydrogen) atoms. The minimum Gasteiger partial charge on any atom is -0.339 e. The smallest absolute Gasteiger partial charge is 0.224 e. The summed E-state index contributed by atoms with van der Waals surface area (Å²) in [6.45, 7) is 5.27. The van der Waals surface area contributed by atoms with Gasteiger partial charge in [0.15, 0.2) is 0 Å². The van der Waals surface area contributed by atoms with Gasteiger partial charge in [0.25, 0.3) is 0 Å². The molecule has 0 saturated carbocycles. The Kier molecular flexibility index (Phi) is 6.84. The van der Waals surface area contributed by atoms with Crippen LogP contribution in [0.4, 0.5) is 0 Å². The fourth-order valence-corrected chi connectivity index (χ4v) is 3.05. The molecule has 1 aromatic rings. The van der Waals surface area contributed by atoms with Crippen molar-refractivity contribution < 1.29 is 4.79 Å². The number of pyridine rings is 1. The van der Waals surface area contributed by atoms with Gasteiger partial charge in [-0.3, -0.25) is 9.78 Å². The molecule has 0 spiro atoms. The first-order valence-electron chi connectivity index (χ1n) is 8.56. The highest BCUT2D eigenvalue weighted by Gasteiger charge is 2.18. The van der Waals surface area contributed by atoms with Crippen molar-refractivity contribution in [3.63, 3.8) is 0 Å². The normalized spacial score (nSPS) is 18.3. The number of likely N-dealkylation sites (tertiary alicyclic amines) is 1. The average molecular weight is 303 g/mol. The van der Waals surface area contributed by atoms with Crippen LogP contribution >= 0.6 is 0 Å². The Morgan fingerprint density at radius 3 is 2.41 bits per heavy atom. The van der Waals surface area contributed by atoms with E-state index in [2.05, 4.69) is 16.8 Å². The molecule has 1 aliphatic rings. The van der Waals surface area contributed by atoms with Crippen molar-refractivity contribution in [2.24, 2.45) is 0 Å². The van der Waals surface area contributed by atoms with Gasteiger partial charge in [0, 0.05) is 32.4 Å². The Hall–Kier alpha value is -1.42. The summed E-state index contributed by atoms with van der Waals surface area (Å²) < 4.78 is 0. The van der Waals surface area contributed by atoms with Gasteiger partial charge in [-0.15, -0.1) is 0 Å². The van der Waals surface area contributed by atoms with Gasteiger partial charge in [0.2, 0.25) is 5.91 Å². The third-order valence-electron chi connectivity index (χ3n) is 4.75. The van der Waals surface area contributed by atoms with Crippen molar-refractivity contribution in [3.8, 4) is 0 Å². The van der Waals surface area contributed by atoms with E-state index in [9.17, 15) is 4.79 Å². The van der Waals surface area contributed by atoms with E-state index in [1.54, 1.807) is 12.4 Å². The zero-order valence-electron chi connectivity index (χ0n) is 14.0. The van der Waals surface area contributed by atoms with Crippen molar-refractivity contribution in [1.82, 2.24) is 14.8 Å². The second-order valence-electron chi connectivity index (χ2n) is 6.32. The van der Waals surface area contributed by atoms with Crippen molar-refractivity contribution in [1.29, 1.82) is 0 Å². The summed E-state index contributed by atoms with van der Waals surface area (Å²) in [4.78, 5) is 20.8. The third-order valence-corrected chi connectivity index (χ3v) is 4.75. The fraction of sp³-hybridized carbons (Fsp3) is 0.667. The lowest BCUT2D eigenvalue weighted by Crippen LogP contribution is -2.35. The highest BCUT2D eigenvalue weighted by atomic mass is 16.2. The van der Waals surface area contributed by atoms with Gasteiger partial charge < -0.3 is 9.80 Å². The largest absolute Gasteiger partial charge is 0.339 e. The summed E-state index contributed by atoms with van der Waals surface area (Å²) in [5.41, 5.74) is 1.14. The van der Waals surface area contributed by atoms with E-state index in [1.165, 1.54) is 32.1 Å². The molecule has 2 heterocycles. The number of hydrogen-bond acceptors (Lipinski definition) is 3. The average Bonchev–Trinajstić information content (AvgIpc) is 2.53. The maximum Gasteiger partial charge on any atom is 0.224 e. The number of amides is 1. The van der Waals surface area contributed by atoms with Gasteiger partial charge in [-0.2, -0.15) is 0 Å². The summed E-state index contributed by atoms with van der Waals surface area (Å²) in [7, 11) is 1.90. The van der Waals surface area contributed by atoms with E-state index >= 15 is 0 Å².